The van der Waals surface area contributed by atoms with Crippen molar-refractivity contribution in [3.05, 3.63) is 54.1 Å². The van der Waals surface area contributed by atoms with Crippen LogP contribution in [0.4, 0.5) is 27.7 Å². The van der Waals surface area contributed by atoms with Crippen molar-refractivity contribution >= 4 is 23.3 Å². The van der Waals surface area contributed by atoms with Crippen LogP contribution in [0.25, 0.3) is 0 Å². The second-order valence-electron chi connectivity index (χ2n) is 6.94. The average Bonchev–Trinajstić information content (AvgIpc) is 2.93. The van der Waals surface area contributed by atoms with E-state index in [9.17, 15) is 4.39 Å². The van der Waals surface area contributed by atoms with Gasteiger partial charge in [0.05, 0.1) is 0 Å². The highest BCUT2D eigenvalue weighted by Gasteiger charge is 2.34. The molecular formula is C19H19FN6O. The maximum Gasteiger partial charge on any atom is 0.221 e. The number of fused-ring (bicyclic) bond motifs is 1. The minimum atomic E-state index is -0.489. The van der Waals surface area contributed by atoms with Crippen LogP contribution in [-0.2, 0) is 5.41 Å². The van der Waals surface area contributed by atoms with Crippen molar-refractivity contribution < 1.29 is 9.13 Å². The first-order valence-corrected chi connectivity index (χ1v) is 8.49. The van der Waals surface area contributed by atoms with Gasteiger partial charge in [-0.1, -0.05) is 13.8 Å². The summed E-state index contributed by atoms with van der Waals surface area (Å²) in [5.41, 5.74) is 6.88. The summed E-state index contributed by atoms with van der Waals surface area (Å²) in [6.07, 6.45) is 3.17. The van der Waals surface area contributed by atoms with E-state index in [1.165, 1.54) is 12.3 Å². The lowest BCUT2D eigenvalue weighted by Crippen LogP contribution is -2.19. The normalized spacial score (nSPS) is 14.3. The number of nitrogen functional groups attached to an aromatic ring is 1. The number of nitrogens with zero attached hydrogens (tertiary/aromatic N) is 3. The molecule has 1 aliphatic rings. The standard InChI is InChI=1S/C19H19FN6O/c1-19(2)10-24-17-16(19)14(5-7-22-17)27-13-4-3-11(9-12(13)20)25-15-6-8-23-18(21)26-15/h3-9H,10H2,1-2H3,(H,22,24)(H3,21,23,25,26). The van der Waals surface area contributed by atoms with E-state index in [1.807, 2.05) is 0 Å². The minimum Gasteiger partial charge on any atom is -0.454 e. The molecular weight excluding hydrogens is 347 g/mol. The Morgan fingerprint density at radius 1 is 1.15 bits per heavy atom. The first-order valence-electron chi connectivity index (χ1n) is 8.49. The molecule has 27 heavy (non-hydrogen) atoms. The van der Waals surface area contributed by atoms with Gasteiger partial charge in [-0.2, -0.15) is 4.98 Å². The van der Waals surface area contributed by atoms with E-state index >= 15 is 0 Å². The van der Waals surface area contributed by atoms with Crippen molar-refractivity contribution in [1.82, 2.24) is 15.0 Å². The van der Waals surface area contributed by atoms with Crippen molar-refractivity contribution in [2.24, 2.45) is 0 Å². The second-order valence-corrected chi connectivity index (χ2v) is 6.94. The molecule has 0 fully saturated rings. The van der Waals surface area contributed by atoms with Crippen LogP contribution in [0.1, 0.15) is 19.4 Å². The monoisotopic (exact) mass is 366 g/mol. The highest BCUT2D eigenvalue weighted by Crippen LogP contribution is 2.42. The largest absolute Gasteiger partial charge is 0.454 e. The van der Waals surface area contributed by atoms with Crippen molar-refractivity contribution in [3.63, 3.8) is 0 Å². The summed E-state index contributed by atoms with van der Waals surface area (Å²) >= 11 is 0. The third kappa shape index (κ3) is 3.33. The lowest BCUT2D eigenvalue weighted by molar-refractivity contribution is 0.427. The number of rotatable bonds is 4. The Morgan fingerprint density at radius 2 is 1.96 bits per heavy atom. The topological polar surface area (TPSA) is 98.0 Å². The number of aromatic nitrogens is 3. The fourth-order valence-corrected chi connectivity index (χ4v) is 3.08. The molecule has 4 rings (SSSR count). The lowest BCUT2D eigenvalue weighted by atomic mass is 9.87. The van der Waals surface area contributed by atoms with Gasteiger partial charge in [-0.25, -0.2) is 14.4 Å². The summed E-state index contributed by atoms with van der Waals surface area (Å²) in [4.78, 5) is 12.2. The Kier molecular flexibility index (Phi) is 4.02. The number of hydrogen-bond donors (Lipinski definition) is 3. The Hall–Kier alpha value is -3.42. The van der Waals surface area contributed by atoms with E-state index in [-0.39, 0.29) is 17.1 Å². The molecule has 0 saturated carbocycles. The van der Waals surface area contributed by atoms with Gasteiger partial charge in [-0.3, -0.25) is 0 Å². The van der Waals surface area contributed by atoms with E-state index in [4.69, 9.17) is 10.5 Å². The first kappa shape index (κ1) is 17.0. The van der Waals surface area contributed by atoms with Gasteiger partial charge < -0.3 is 21.1 Å². The summed E-state index contributed by atoms with van der Waals surface area (Å²) in [7, 11) is 0. The lowest BCUT2D eigenvalue weighted by Gasteiger charge is -2.20. The summed E-state index contributed by atoms with van der Waals surface area (Å²) in [5.74, 6) is 1.64. The van der Waals surface area contributed by atoms with Gasteiger partial charge >= 0.3 is 0 Å². The summed E-state index contributed by atoms with van der Waals surface area (Å²) in [6, 6.07) is 8.03. The SMILES string of the molecule is CC1(C)CNc2nccc(Oc3ccc(Nc4ccnc(N)n4)cc3F)c21. The zero-order valence-electron chi connectivity index (χ0n) is 15.0. The molecule has 0 saturated heterocycles. The van der Waals surface area contributed by atoms with Crippen molar-refractivity contribution in [2.45, 2.75) is 19.3 Å². The van der Waals surface area contributed by atoms with E-state index in [0.29, 0.717) is 17.3 Å². The zero-order chi connectivity index (χ0) is 19.0. The van der Waals surface area contributed by atoms with Gasteiger partial charge in [-0.15, -0.1) is 0 Å². The fourth-order valence-electron chi connectivity index (χ4n) is 3.08. The third-order valence-electron chi connectivity index (χ3n) is 4.39. The Balaban J connectivity index is 1.59. The van der Waals surface area contributed by atoms with Crippen molar-refractivity contribution in [1.29, 1.82) is 0 Å². The molecule has 0 aliphatic carbocycles. The summed E-state index contributed by atoms with van der Waals surface area (Å²) in [5, 5.41) is 6.24. The Bertz CT molecular complexity index is 1010. The Morgan fingerprint density at radius 3 is 2.74 bits per heavy atom. The van der Waals surface area contributed by atoms with Crippen LogP contribution >= 0.6 is 0 Å². The predicted octanol–water partition coefficient (Wildman–Crippen LogP) is 3.83. The number of nitrogens with two attached hydrogens (primary N) is 1. The molecule has 0 spiro atoms. The molecule has 1 aliphatic heterocycles. The van der Waals surface area contributed by atoms with Gasteiger partial charge in [0, 0.05) is 41.7 Å². The maximum atomic E-state index is 14.6. The van der Waals surface area contributed by atoms with Crippen LogP contribution in [0.15, 0.2) is 42.7 Å². The summed E-state index contributed by atoms with van der Waals surface area (Å²) in [6.45, 7) is 4.94. The van der Waals surface area contributed by atoms with E-state index in [2.05, 4.69) is 39.4 Å². The molecule has 3 heterocycles. The van der Waals surface area contributed by atoms with Crippen LogP contribution in [0.3, 0.4) is 0 Å². The van der Waals surface area contributed by atoms with Crippen LogP contribution in [0.2, 0.25) is 0 Å². The van der Waals surface area contributed by atoms with Gasteiger partial charge in [-0.05, 0) is 24.3 Å². The molecule has 0 unspecified atom stereocenters. The number of ether oxygens (including phenoxy) is 1. The average molecular weight is 366 g/mol. The molecule has 4 N–H and O–H groups in total. The third-order valence-corrected chi connectivity index (χ3v) is 4.39. The molecule has 7 nitrogen and oxygen atoms in total. The van der Waals surface area contributed by atoms with Gasteiger partial charge in [0.15, 0.2) is 11.6 Å². The molecule has 8 heteroatoms. The highest BCUT2D eigenvalue weighted by atomic mass is 19.1. The molecule has 1 aromatic carbocycles. The highest BCUT2D eigenvalue weighted by molar-refractivity contribution is 5.62. The van der Waals surface area contributed by atoms with Crippen LogP contribution in [0.5, 0.6) is 11.5 Å². The molecule has 3 aromatic rings. The molecule has 0 amide bonds. The van der Waals surface area contributed by atoms with Crippen molar-refractivity contribution in [2.75, 3.05) is 22.9 Å². The van der Waals surface area contributed by atoms with E-state index in [0.717, 1.165) is 17.9 Å². The second kappa shape index (κ2) is 6.39. The van der Waals surface area contributed by atoms with Crippen LogP contribution < -0.4 is 21.1 Å². The van der Waals surface area contributed by atoms with E-state index in [1.54, 1.807) is 30.5 Å². The predicted molar refractivity (Wildman–Crippen MR) is 102 cm³/mol. The number of anilines is 4. The van der Waals surface area contributed by atoms with Gasteiger partial charge in [0.25, 0.3) is 0 Å². The van der Waals surface area contributed by atoms with E-state index < -0.39 is 5.82 Å². The Labute approximate surface area is 155 Å². The number of halogens is 1. The molecule has 0 atom stereocenters. The van der Waals surface area contributed by atoms with Crippen LogP contribution in [-0.4, -0.2) is 21.5 Å². The fraction of sp³-hybridized carbons (Fsp3) is 0.211. The zero-order valence-corrected chi connectivity index (χ0v) is 15.0. The van der Waals surface area contributed by atoms with Gasteiger partial charge in [0.1, 0.15) is 17.4 Å². The van der Waals surface area contributed by atoms with Crippen molar-refractivity contribution in [3.8, 4) is 11.5 Å². The molecule has 0 bridgehead atoms. The van der Waals surface area contributed by atoms with Gasteiger partial charge in [0.2, 0.25) is 5.95 Å². The summed E-state index contributed by atoms with van der Waals surface area (Å²) < 4.78 is 20.5. The molecule has 0 radical (unpaired) electrons. The number of nitrogens with one attached hydrogen (secondary N) is 2. The number of benzene rings is 1. The number of hydrogen-bond acceptors (Lipinski definition) is 7. The first-order chi connectivity index (χ1) is 12.9. The smallest absolute Gasteiger partial charge is 0.221 e. The maximum absolute atomic E-state index is 14.6. The van der Waals surface area contributed by atoms with Crippen LogP contribution in [0, 0.1) is 5.82 Å². The quantitative estimate of drug-likeness (QED) is 0.645. The minimum absolute atomic E-state index is 0.138. The number of pyridine rings is 1. The molecule has 2 aromatic heterocycles. The molecule has 138 valence electrons.